The van der Waals surface area contributed by atoms with Gasteiger partial charge in [0.1, 0.15) is 17.7 Å². The van der Waals surface area contributed by atoms with Crippen molar-refractivity contribution < 1.29 is 4.79 Å². The Morgan fingerprint density at radius 1 is 1.35 bits per heavy atom. The van der Waals surface area contributed by atoms with Crippen LogP contribution in [0.5, 0.6) is 0 Å². The maximum atomic E-state index is 13.1. The summed E-state index contributed by atoms with van der Waals surface area (Å²) in [5.41, 5.74) is 0.405. The summed E-state index contributed by atoms with van der Waals surface area (Å²) < 4.78 is 2.02. The van der Waals surface area contributed by atoms with Crippen molar-refractivity contribution >= 4 is 11.7 Å². The van der Waals surface area contributed by atoms with E-state index in [4.69, 9.17) is 10.4 Å². The number of allylic oxidation sites excluding steroid dienone is 4. The Kier molecular flexibility index (Phi) is 4.93. The van der Waals surface area contributed by atoms with Gasteiger partial charge in [-0.25, -0.2) is 9.97 Å². The van der Waals surface area contributed by atoms with E-state index >= 15 is 0 Å². The number of carbonyl (C=O) groups is 1. The third kappa shape index (κ3) is 3.90. The number of aryl methyl sites for hydroxylation is 2. The Balaban J connectivity index is 1.30. The molecular formula is C24H26N6O. The normalized spacial score (nSPS) is 26.5. The van der Waals surface area contributed by atoms with Gasteiger partial charge in [-0.3, -0.25) is 9.48 Å². The number of nitrogens with one attached hydrogen (secondary N) is 1. The maximum absolute atomic E-state index is 13.1. The van der Waals surface area contributed by atoms with Gasteiger partial charge in [-0.15, -0.1) is 0 Å². The summed E-state index contributed by atoms with van der Waals surface area (Å²) in [6.45, 7) is 2.79. The summed E-state index contributed by atoms with van der Waals surface area (Å²) in [5.74, 6) is 3.26. The number of aromatic nitrogens is 4. The second kappa shape index (κ2) is 7.77. The zero-order valence-corrected chi connectivity index (χ0v) is 17.7. The number of hydrogen-bond donors (Lipinski definition) is 1. The van der Waals surface area contributed by atoms with E-state index in [1.54, 1.807) is 12.1 Å². The van der Waals surface area contributed by atoms with Crippen molar-refractivity contribution in [2.75, 3.05) is 5.32 Å². The molecule has 5 rings (SSSR count). The molecule has 1 amide bonds. The molecule has 0 saturated heterocycles. The van der Waals surface area contributed by atoms with E-state index in [1.165, 1.54) is 19.0 Å². The molecule has 0 aromatic carbocycles. The van der Waals surface area contributed by atoms with E-state index in [1.807, 2.05) is 17.7 Å². The van der Waals surface area contributed by atoms with E-state index in [0.29, 0.717) is 23.2 Å². The fourth-order valence-electron chi connectivity index (χ4n) is 4.78. The number of amides is 1. The highest BCUT2D eigenvalue weighted by Gasteiger charge is 2.60. The van der Waals surface area contributed by atoms with Gasteiger partial charge < -0.3 is 5.32 Å². The van der Waals surface area contributed by atoms with Crippen LogP contribution >= 0.6 is 0 Å². The van der Waals surface area contributed by atoms with Crippen LogP contribution in [0.1, 0.15) is 55.2 Å². The molecule has 7 nitrogen and oxygen atoms in total. The van der Waals surface area contributed by atoms with Gasteiger partial charge in [-0.2, -0.15) is 10.4 Å². The van der Waals surface area contributed by atoms with Crippen LogP contribution in [-0.2, 0) is 11.3 Å². The van der Waals surface area contributed by atoms with Crippen molar-refractivity contribution in [3.8, 4) is 6.07 Å². The van der Waals surface area contributed by atoms with Gasteiger partial charge in [-0.05, 0) is 62.5 Å². The van der Waals surface area contributed by atoms with Crippen LogP contribution < -0.4 is 5.32 Å². The second-order valence-corrected chi connectivity index (χ2v) is 8.94. The van der Waals surface area contributed by atoms with Crippen molar-refractivity contribution in [1.82, 2.24) is 19.7 Å². The van der Waals surface area contributed by atoms with Gasteiger partial charge in [0.05, 0.1) is 5.56 Å². The number of hydrogen-bond acceptors (Lipinski definition) is 5. The predicted molar refractivity (Wildman–Crippen MR) is 116 cm³/mol. The molecule has 3 aliphatic rings. The van der Waals surface area contributed by atoms with E-state index in [9.17, 15) is 4.79 Å². The highest BCUT2D eigenvalue weighted by molar-refractivity contribution is 5.94. The molecule has 0 aliphatic heterocycles. The lowest BCUT2D eigenvalue weighted by molar-refractivity contribution is -0.118. The highest BCUT2D eigenvalue weighted by atomic mass is 16.2. The molecule has 2 saturated carbocycles. The quantitative estimate of drug-likeness (QED) is 0.741. The van der Waals surface area contributed by atoms with Crippen LogP contribution in [0.4, 0.5) is 5.82 Å². The largest absolute Gasteiger partial charge is 0.310 e. The van der Waals surface area contributed by atoms with Crippen molar-refractivity contribution in [2.45, 2.75) is 51.5 Å². The van der Waals surface area contributed by atoms with Gasteiger partial charge in [0, 0.05) is 24.6 Å². The van der Waals surface area contributed by atoms with Crippen molar-refractivity contribution in [3.63, 3.8) is 0 Å². The summed E-state index contributed by atoms with van der Waals surface area (Å²) in [6.07, 6.45) is 15.2. The Labute approximate surface area is 181 Å². The molecule has 2 aromatic rings. The third-order valence-electron chi connectivity index (χ3n) is 6.90. The number of rotatable bonds is 7. The van der Waals surface area contributed by atoms with E-state index in [-0.39, 0.29) is 17.2 Å². The molecule has 3 aliphatic carbocycles. The van der Waals surface area contributed by atoms with Crippen molar-refractivity contribution in [2.24, 2.45) is 17.3 Å². The SMILES string of the molecule is Cc1nc(C2CC2)nn1CC[C@@]1(C2C=CC=CC2)C[C@H]1C(=O)Nc1ccc(C#N)cn1. The molecule has 158 valence electrons. The van der Waals surface area contributed by atoms with Crippen LogP contribution in [0.2, 0.25) is 0 Å². The average Bonchev–Trinajstić information content (AvgIpc) is 3.72. The van der Waals surface area contributed by atoms with Crippen molar-refractivity contribution in [1.29, 1.82) is 5.26 Å². The van der Waals surface area contributed by atoms with E-state index < -0.39 is 0 Å². The molecule has 1 N–H and O–H groups in total. The topological polar surface area (TPSA) is 96.5 Å². The predicted octanol–water partition coefficient (Wildman–Crippen LogP) is 3.90. The first-order chi connectivity index (χ1) is 15.1. The molecule has 2 aromatic heterocycles. The number of pyridine rings is 1. The van der Waals surface area contributed by atoms with Gasteiger partial charge in [-0.1, -0.05) is 24.3 Å². The molecule has 0 radical (unpaired) electrons. The van der Waals surface area contributed by atoms with Crippen molar-refractivity contribution in [3.05, 3.63) is 59.8 Å². The van der Waals surface area contributed by atoms with Crippen LogP contribution in [0.3, 0.4) is 0 Å². The molecule has 2 fully saturated rings. The zero-order valence-electron chi connectivity index (χ0n) is 17.7. The van der Waals surface area contributed by atoms with Crippen LogP contribution in [-0.4, -0.2) is 25.7 Å². The first-order valence-electron chi connectivity index (χ1n) is 11.0. The summed E-state index contributed by atoms with van der Waals surface area (Å²) in [6, 6.07) is 5.40. The van der Waals surface area contributed by atoms with Gasteiger partial charge >= 0.3 is 0 Å². The van der Waals surface area contributed by atoms with Gasteiger partial charge in [0.15, 0.2) is 5.82 Å². The van der Waals surface area contributed by atoms with Gasteiger partial charge in [0.2, 0.25) is 5.91 Å². The lowest BCUT2D eigenvalue weighted by atomic mass is 9.79. The Morgan fingerprint density at radius 2 is 2.23 bits per heavy atom. The fourth-order valence-corrected chi connectivity index (χ4v) is 4.78. The number of nitrogens with zero attached hydrogens (tertiary/aromatic N) is 5. The number of carbonyl (C=O) groups excluding carboxylic acids is 1. The van der Waals surface area contributed by atoms with Crippen LogP contribution in [0, 0.1) is 35.5 Å². The molecule has 1 unspecified atom stereocenters. The number of nitriles is 1. The molecule has 2 heterocycles. The van der Waals surface area contributed by atoms with Gasteiger partial charge in [0.25, 0.3) is 0 Å². The van der Waals surface area contributed by atoms with E-state index in [0.717, 1.165) is 37.5 Å². The minimum Gasteiger partial charge on any atom is -0.310 e. The minimum absolute atomic E-state index is 0.00847. The molecule has 3 atom stereocenters. The van der Waals surface area contributed by atoms with Crippen LogP contribution in [0.15, 0.2) is 42.6 Å². The first-order valence-corrected chi connectivity index (χ1v) is 11.0. The average molecular weight is 415 g/mol. The number of anilines is 1. The molecule has 0 spiro atoms. The second-order valence-electron chi connectivity index (χ2n) is 8.94. The third-order valence-corrected chi connectivity index (χ3v) is 6.90. The minimum atomic E-state index is -0.0733. The molecular weight excluding hydrogens is 388 g/mol. The standard InChI is InChI=1S/C24H26N6O/c1-16-27-22(18-8-9-18)29-30(16)12-11-24(19-5-3-2-4-6-19)13-20(24)23(31)28-21-10-7-17(14-25)15-26-21/h2-5,7,10,15,18-20H,6,8-9,11-13H2,1H3,(H,26,28,31)/t19?,20-,24-/m0/s1. The highest BCUT2D eigenvalue weighted by Crippen LogP contribution is 2.62. The Bertz CT molecular complexity index is 1090. The molecule has 0 bridgehead atoms. The van der Waals surface area contributed by atoms with E-state index in [2.05, 4.69) is 39.6 Å². The Morgan fingerprint density at radius 3 is 2.90 bits per heavy atom. The first kappa shape index (κ1) is 19.7. The summed E-state index contributed by atoms with van der Waals surface area (Å²) in [7, 11) is 0. The summed E-state index contributed by atoms with van der Waals surface area (Å²) in [5, 5.41) is 16.6. The summed E-state index contributed by atoms with van der Waals surface area (Å²) in [4.78, 5) is 21.9. The fraction of sp³-hybridized carbons (Fsp3) is 0.458. The molecule has 7 heteroatoms. The summed E-state index contributed by atoms with van der Waals surface area (Å²) >= 11 is 0. The molecule has 31 heavy (non-hydrogen) atoms. The lowest BCUT2D eigenvalue weighted by Crippen LogP contribution is -2.26. The monoisotopic (exact) mass is 414 g/mol. The van der Waals surface area contributed by atoms with Crippen LogP contribution in [0.25, 0.3) is 0 Å². The lowest BCUT2D eigenvalue weighted by Gasteiger charge is -2.26. The Hall–Kier alpha value is -3.27. The maximum Gasteiger partial charge on any atom is 0.229 e. The zero-order chi connectivity index (χ0) is 21.4. The smallest absolute Gasteiger partial charge is 0.229 e.